The van der Waals surface area contributed by atoms with Crippen molar-refractivity contribution >= 4 is 16.7 Å². The molecule has 82 valence electrons. The number of ether oxygens (including phenoxy) is 1. The first-order valence-corrected chi connectivity index (χ1v) is 5.28. The Morgan fingerprint density at radius 3 is 3.00 bits per heavy atom. The van der Waals surface area contributed by atoms with Crippen molar-refractivity contribution in [3.8, 4) is 0 Å². The van der Waals surface area contributed by atoms with Crippen molar-refractivity contribution in [2.45, 2.75) is 13.3 Å². The normalized spacial score (nSPS) is 10.3. The lowest BCUT2D eigenvalue weighted by Crippen LogP contribution is -2.07. The minimum atomic E-state index is -0.184. The van der Waals surface area contributed by atoms with Crippen LogP contribution in [0.3, 0.4) is 0 Å². The van der Waals surface area contributed by atoms with Gasteiger partial charge in [0.25, 0.3) is 0 Å². The highest BCUT2D eigenvalue weighted by atomic mass is 16.5. The van der Waals surface area contributed by atoms with Crippen molar-refractivity contribution in [1.82, 2.24) is 4.98 Å². The molecule has 0 amide bonds. The number of hydrogen-bond acceptors (Lipinski definition) is 3. The van der Waals surface area contributed by atoms with E-state index in [9.17, 15) is 4.79 Å². The van der Waals surface area contributed by atoms with E-state index in [1.165, 1.54) is 0 Å². The van der Waals surface area contributed by atoms with Gasteiger partial charge in [-0.05, 0) is 23.9 Å². The van der Waals surface area contributed by atoms with Crippen LogP contribution in [0.15, 0.2) is 36.7 Å². The fourth-order valence-corrected chi connectivity index (χ4v) is 1.62. The molecule has 0 unspecified atom stereocenters. The highest BCUT2D eigenvalue weighted by Crippen LogP contribution is 2.15. The Morgan fingerprint density at radius 2 is 2.19 bits per heavy atom. The summed E-state index contributed by atoms with van der Waals surface area (Å²) >= 11 is 0. The van der Waals surface area contributed by atoms with Crippen LogP contribution >= 0.6 is 0 Å². The smallest absolute Gasteiger partial charge is 0.310 e. The highest BCUT2D eigenvalue weighted by molar-refractivity contribution is 5.83. The van der Waals surface area contributed by atoms with Gasteiger partial charge in [0.1, 0.15) is 0 Å². The summed E-state index contributed by atoms with van der Waals surface area (Å²) in [5, 5.41) is 2.17. The molecule has 0 atom stereocenters. The number of aromatic nitrogens is 1. The summed E-state index contributed by atoms with van der Waals surface area (Å²) in [5.41, 5.74) is 0.970. The van der Waals surface area contributed by atoms with Crippen molar-refractivity contribution < 1.29 is 9.53 Å². The molecule has 0 saturated carbocycles. The van der Waals surface area contributed by atoms with Gasteiger partial charge in [-0.1, -0.05) is 18.2 Å². The first-order chi connectivity index (χ1) is 7.79. The summed E-state index contributed by atoms with van der Waals surface area (Å²) in [4.78, 5) is 15.4. The van der Waals surface area contributed by atoms with Gasteiger partial charge in [-0.15, -0.1) is 0 Å². The predicted molar refractivity (Wildman–Crippen MR) is 62.1 cm³/mol. The molecule has 3 nitrogen and oxygen atoms in total. The number of pyridine rings is 1. The molecule has 2 aromatic rings. The van der Waals surface area contributed by atoms with Crippen LogP contribution in [0, 0.1) is 0 Å². The van der Waals surface area contributed by atoms with E-state index < -0.39 is 0 Å². The third kappa shape index (κ3) is 2.37. The summed E-state index contributed by atoms with van der Waals surface area (Å²) in [6, 6.07) is 7.83. The maximum Gasteiger partial charge on any atom is 0.310 e. The van der Waals surface area contributed by atoms with Gasteiger partial charge in [0.2, 0.25) is 0 Å². The van der Waals surface area contributed by atoms with Crippen molar-refractivity contribution in [2.75, 3.05) is 6.61 Å². The highest BCUT2D eigenvalue weighted by Gasteiger charge is 2.04. The van der Waals surface area contributed by atoms with E-state index in [4.69, 9.17) is 4.74 Å². The molecule has 1 aromatic heterocycles. The molecule has 16 heavy (non-hydrogen) atoms. The molecule has 0 aliphatic rings. The summed E-state index contributed by atoms with van der Waals surface area (Å²) < 4.78 is 4.91. The topological polar surface area (TPSA) is 39.2 Å². The Bertz CT molecular complexity index is 508. The molecule has 0 saturated heterocycles. The Morgan fingerprint density at radius 1 is 1.31 bits per heavy atom. The van der Waals surface area contributed by atoms with E-state index in [0.717, 1.165) is 16.3 Å². The summed E-state index contributed by atoms with van der Waals surface area (Å²) in [7, 11) is 0. The number of carbonyl (C=O) groups is 1. The number of hydrogen-bond donors (Lipinski definition) is 0. The second-order valence-electron chi connectivity index (χ2n) is 3.54. The number of carbonyl (C=O) groups excluding carboxylic acids is 1. The number of esters is 1. The summed E-state index contributed by atoms with van der Waals surface area (Å²) in [6.45, 7) is 2.24. The van der Waals surface area contributed by atoms with Gasteiger partial charge >= 0.3 is 5.97 Å². The molecule has 0 fully saturated rings. The van der Waals surface area contributed by atoms with Crippen LogP contribution in [0.1, 0.15) is 12.5 Å². The zero-order valence-electron chi connectivity index (χ0n) is 9.14. The number of nitrogens with zero attached hydrogens (tertiary/aromatic N) is 1. The average Bonchev–Trinajstić information content (AvgIpc) is 2.29. The van der Waals surface area contributed by atoms with Gasteiger partial charge in [0.05, 0.1) is 13.0 Å². The molecule has 2 rings (SSSR count). The number of rotatable bonds is 3. The second-order valence-corrected chi connectivity index (χ2v) is 3.54. The fourth-order valence-electron chi connectivity index (χ4n) is 1.62. The van der Waals surface area contributed by atoms with Crippen LogP contribution in [0.4, 0.5) is 0 Å². The van der Waals surface area contributed by atoms with E-state index in [0.29, 0.717) is 13.0 Å². The summed E-state index contributed by atoms with van der Waals surface area (Å²) in [6.07, 6.45) is 3.88. The van der Waals surface area contributed by atoms with Gasteiger partial charge in [0.15, 0.2) is 0 Å². The van der Waals surface area contributed by atoms with Crippen molar-refractivity contribution in [1.29, 1.82) is 0 Å². The molecule has 1 heterocycles. The first-order valence-electron chi connectivity index (χ1n) is 5.28. The minimum absolute atomic E-state index is 0.184. The molecule has 0 radical (unpaired) electrons. The third-order valence-electron chi connectivity index (χ3n) is 2.36. The Balaban J connectivity index is 2.22. The van der Waals surface area contributed by atoms with E-state index in [-0.39, 0.29) is 5.97 Å². The summed E-state index contributed by atoms with van der Waals surface area (Å²) in [5.74, 6) is -0.184. The second kappa shape index (κ2) is 4.75. The molecule has 3 heteroatoms. The van der Waals surface area contributed by atoms with E-state index in [1.807, 2.05) is 37.4 Å². The molecular formula is C13H13NO2. The lowest BCUT2D eigenvalue weighted by atomic mass is 10.1. The van der Waals surface area contributed by atoms with Gasteiger partial charge in [-0.2, -0.15) is 0 Å². The standard InChI is InChI=1S/C13H13NO2/c1-2-16-13(15)8-10-3-4-12-9-14-6-5-11(12)7-10/h3-7,9H,2,8H2,1H3. The third-order valence-corrected chi connectivity index (χ3v) is 2.36. The molecule has 0 spiro atoms. The van der Waals surface area contributed by atoms with Gasteiger partial charge in [-0.3, -0.25) is 9.78 Å². The van der Waals surface area contributed by atoms with Crippen LogP contribution < -0.4 is 0 Å². The monoisotopic (exact) mass is 215 g/mol. The molecular weight excluding hydrogens is 202 g/mol. The minimum Gasteiger partial charge on any atom is -0.466 e. The number of benzene rings is 1. The maximum absolute atomic E-state index is 11.3. The maximum atomic E-state index is 11.3. The molecule has 0 aliphatic carbocycles. The molecule has 1 aromatic carbocycles. The molecule has 0 aliphatic heterocycles. The molecule has 0 bridgehead atoms. The van der Waals surface area contributed by atoms with E-state index in [2.05, 4.69) is 4.98 Å². The van der Waals surface area contributed by atoms with Crippen LogP contribution in [0.2, 0.25) is 0 Å². The van der Waals surface area contributed by atoms with Gasteiger partial charge in [0, 0.05) is 17.8 Å². The number of fused-ring (bicyclic) bond motifs is 1. The Hall–Kier alpha value is -1.90. The lowest BCUT2D eigenvalue weighted by molar-refractivity contribution is -0.142. The first kappa shape index (κ1) is 10.6. The van der Waals surface area contributed by atoms with Crippen molar-refractivity contribution in [3.63, 3.8) is 0 Å². The zero-order chi connectivity index (χ0) is 11.4. The quantitative estimate of drug-likeness (QED) is 0.738. The van der Waals surface area contributed by atoms with E-state index in [1.54, 1.807) is 6.20 Å². The molecule has 0 N–H and O–H groups in total. The zero-order valence-corrected chi connectivity index (χ0v) is 9.14. The Kier molecular flexibility index (Phi) is 3.15. The van der Waals surface area contributed by atoms with Crippen molar-refractivity contribution in [3.05, 3.63) is 42.2 Å². The predicted octanol–water partition coefficient (Wildman–Crippen LogP) is 2.34. The van der Waals surface area contributed by atoms with Crippen LogP contribution in [0.25, 0.3) is 10.8 Å². The Labute approximate surface area is 94.1 Å². The SMILES string of the molecule is CCOC(=O)Cc1ccc2cnccc2c1. The van der Waals surface area contributed by atoms with Gasteiger partial charge < -0.3 is 4.74 Å². The lowest BCUT2D eigenvalue weighted by Gasteiger charge is -2.03. The van der Waals surface area contributed by atoms with E-state index >= 15 is 0 Å². The van der Waals surface area contributed by atoms with Crippen molar-refractivity contribution in [2.24, 2.45) is 0 Å². The largest absolute Gasteiger partial charge is 0.466 e. The van der Waals surface area contributed by atoms with Crippen LogP contribution in [-0.4, -0.2) is 17.6 Å². The van der Waals surface area contributed by atoms with Gasteiger partial charge in [-0.25, -0.2) is 0 Å². The van der Waals surface area contributed by atoms with Crippen LogP contribution in [0.5, 0.6) is 0 Å². The fraction of sp³-hybridized carbons (Fsp3) is 0.231. The van der Waals surface area contributed by atoms with Crippen LogP contribution in [-0.2, 0) is 16.0 Å². The average molecular weight is 215 g/mol.